The van der Waals surface area contributed by atoms with E-state index < -0.39 is 13.6 Å². The van der Waals surface area contributed by atoms with Gasteiger partial charge in [-0.1, -0.05) is 0 Å². The third-order valence-corrected chi connectivity index (χ3v) is 2.44. The minimum atomic E-state index is -4.22. The number of benzene rings is 1. The van der Waals surface area contributed by atoms with Crippen LogP contribution >= 0.6 is 7.60 Å². The molecule has 0 bridgehead atoms. The van der Waals surface area contributed by atoms with Gasteiger partial charge in [0.2, 0.25) is 0 Å². The van der Waals surface area contributed by atoms with Gasteiger partial charge in [0.05, 0.1) is 5.30 Å². The predicted molar refractivity (Wildman–Crippen MR) is 52.4 cm³/mol. The molecule has 0 atom stereocenters. The largest absolute Gasteiger partial charge is 1.00 e. The van der Waals surface area contributed by atoms with Gasteiger partial charge in [-0.05, 0) is 24.3 Å². The molecule has 0 aliphatic heterocycles. The van der Waals surface area contributed by atoms with Crippen LogP contribution in [0, 0.1) is 0 Å². The topological polar surface area (TPSA) is 113 Å². The molecule has 0 aliphatic rings. The summed E-state index contributed by atoms with van der Waals surface area (Å²) >= 11 is 0. The molecule has 15 heavy (non-hydrogen) atoms. The molecule has 78 valence electrons. The summed E-state index contributed by atoms with van der Waals surface area (Å²) in [5.41, 5.74) is 5.23. The number of carbonyl (C=O) groups excluding carboxylic acids is 1. The van der Waals surface area contributed by atoms with E-state index in [2.05, 4.69) is 5.32 Å². The molecule has 0 fully saturated rings. The Bertz CT molecular complexity index is 394. The Morgan fingerprint density at radius 2 is 1.80 bits per heavy atom. The van der Waals surface area contributed by atoms with Crippen LogP contribution in [0.4, 0.5) is 10.5 Å². The minimum absolute atomic E-state index is 0. The third-order valence-electron chi connectivity index (χ3n) is 1.47. The van der Waals surface area contributed by atoms with Crippen molar-refractivity contribution in [2.24, 2.45) is 5.73 Å². The van der Waals surface area contributed by atoms with Gasteiger partial charge in [-0.2, -0.15) is 0 Å². The Morgan fingerprint density at radius 3 is 2.13 bits per heavy atom. The van der Waals surface area contributed by atoms with E-state index in [0.29, 0.717) is 5.69 Å². The van der Waals surface area contributed by atoms with Crippen molar-refractivity contribution in [3.05, 3.63) is 24.3 Å². The second-order valence-electron chi connectivity index (χ2n) is 2.58. The van der Waals surface area contributed by atoms with Crippen molar-refractivity contribution >= 4 is 24.6 Å². The van der Waals surface area contributed by atoms with Crippen LogP contribution in [-0.2, 0) is 4.57 Å². The fourth-order valence-corrected chi connectivity index (χ4v) is 1.42. The zero-order chi connectivity index (χ0) is 10.8. The first-order chi connectivity index (χ1) is 6.39. The fourth-order valence-electron chi connectivity index (χ4n) is 0.881. The standard InChI is InChI=1S/C7H9N2O4P.Na.H/c8-7(10)9-5-1-3-6(4-2-5)14(11,12)13;;/h1-4H,(H3,8,9,10)(H2,11,12,13);;/q;+1;-1. The normalized spacial score (nSPS) is 10.3. The van der Waals surface area contributed by atoms with Crippen molar-refractivity contribution in [3.8, 4) is 0 Å². The summed E-state index contributed by atoms with van der Waals surface area (Å²) in [5.74, 6) is 0. The van der Waals surface area contributed by atoms with Crippen LogP contribution in [0.5, 0.6) is 0 Å². The van der Waals surface area contributed by atoms with E-state index >= 15 is 0 Å². The summed E-state index contributed by atoms with van der Waals surface area (Å²) in [7, 11) is -4.22. The maximum atomic E-state index is 10.7. The fraction of sp³-hybridized carbons (Fsp3) is 0. The van der Waals surface area contributed by atoms with Crippen molar-refractivity contribution in [1.82, 2.24) is 0 Å². The maximum absolute atomic E-state index is 10.7. The van der Waals surface area contributed by atoms with Crippen LogP contribution in [-0.4, -0.2) is 15.8 Å². The molecule has 0 saturated heterocycles. The Balaban J connectivity index is 0. The first-order valence-electron chi connectivity index (χ1n) is 3.62. The molecule has 1 aromatic carbocycles. The molecule has 5 N–H and O–H groups in total. The van der Waals surface area contributed by atoms with Gasteiger partial charge in [-0.25, -0.2) is 4.79 Å². The molecular formula is C7H10N2NaO4P. The number of urea groups is 1. The SMILES string of the molecule is NC(=O)Nc1ccc(P(=O)(O)O)cc1.[H-].[Na+]. The van der Waals surface area contributed by atoms with Crippen molar-refractivity contribution in [2.45, 2.75) is 0 Å². The predicted octanol–water partition coefficient (Wildman–Crippen LogP) is -2.90. The van der Waals surface area contributed by atoms with Crippen molar-refractivity contribution < 1.29 is 50.1 Å². The number of hydrogen-bond acceptors (Lipinski definition) is 2. The van der Waals surface area contributed by atoms with Crippen LogP contribution in [0.3, 0.4) is 0 Å². The van der Waals surface area contributed by atoms with Crippen molar-refractivity contribution in [1.29, 1.82) is 0 Å². The number of primary amides is 1. The molecule has 0 aliphatic carbocycles. The van der Waals surface area contributed by atoms with E-state index in [1.54, 1.807) is 0 Å². The second-order valence-corrected chi connectivity index (χ2v) is 4.18. The van der Waals surface area contributed by atoms with Crippen LogP contribution in [0.2, 0.25) is 0 Å². The Hall–Kier alpha value is -0.360. The summed E-state index contributed by atoms with van der Waals surface area (Å²) in [4.78, 5) is 27.9. The number of anilines is 1. The third kappa shape index (κ3) is 4.79. The molecule has 6 nitrogen and oxygen atoms in total. The maximum Gasteiger partial charge on any atom is 1.00 e. The number of nitrogens with two attached hydrogens (primary N) is 1. The van der Waals surface area contributed by atoms with E-state index in [-0.39, 0.29) is 36.3 Å². The van der Waals surface area contributed by atoms with Gasteiger partial charge in [0.15, 0.2) is 0 Å². The summed E-state index contributed by atoms with van der Waals surface area (Å²) in [6, 6.07) is 4.45. The molecule has 0 aromatic heterocycles. The summed E-state index contributed by atoms with van der Waals surface area (Å²) in [6.45, 7) is 0. The monoisotopic (exact) mass is 240 g/mol. The zero-order valence-electron chi connectivity index (χ0n) is 9.04. The van der Waals surface area contributed by atoms with Gasteiger partial charge in [0, 0.05) is 5.69 Å². The molecule has 0 radical (unpaired) electrons. The van der Waals surface area contributed by atoms with Crippen LogP contribution in [0.15, 0.2) is 24.3 Å². The number of amides is 2. The first-order valence-corrected chi connectivity index (χ1v) is 5.23. The zero-order valence-corrected chi connectivity index (χ0v) is 10.9. The number of carbonyl (C=O) groups is 1. The Kier molecular flexibility index (Phi) is 5.51. The van der Waals surface area contributed by atoms with Gasteiger partial charge in [-0.15, -0.1) is 0 Å². The Morgan fingerprint density at radius 1 is 1.33 bits per heavy atom. The van der Waals surface area contributed by atoms with Crippen molar-refractivity contribution in [2.75, 3.05) is 5.32 Å². The molecule has 0 unspecified atom stereocenters. The molecule has 1 aromatic rings. The molecule has 0 spiro atoms. The summed E-state index contributed by atoms with van der Waals surface area (Å²) < 4.78 is 10.7. The van der Waals surface area contributed by atoms with E-state index in [0.717, 1.165) is 0 Å². The molecule has 0 heterocycles. The summed E-state index contributed by atoms with van der Waals surface area (Å²) in [5, 5.41) is 2.17. The van der Waals surface area contributed by atoms with E-state index in [1.165, 1.54) is 24.3 Å². The van der Waals surface area contributed by atoms with Gasteiger partial charge in [0.1, 0.15) is 0 Å². The van der Waals surface area contributed by atoms with Crippen molar-refractivity contribution in [3.63, 3.8) is 0 Å². The summed E-state index contributed by atoms with van der Waals surface area (Å²) in [6.07, 6.45) is 0. The number of hydrogen-bond donors (Lipinski definition) is 4. The second kappa shape index (κ2) is 5.65. The van der Waals surface area contributed by atoms with Gasteiger partial charge < -0.3 is 22.3 Å². The number of nitrogens with one attached hydrogen (secondary N) is 1. The van der Waals surface area contributed by atoms with E-state index in [4.69, 9.17) is 15.5 Å². The molecular weight excluding hydrogens is 230 g/mol. The minimum Gasteiger partial charge on any atom is -1.00 e. The average Bonchev–Trinajstić information content (AvgIpc) is 2.02. The van der Waals surface area contributed by atoms with Crippen LogP contribution < -0.4 is 45.9 Å². The molecule has 8 heteroatoms. The van der Waals surface area contributed by atoms with Gasteiger partial charge in [0.25, 0.3) is 0 Å². The number of rotatable bonds is 2. The average molecular weight is 240 g/mol. The van der Waals surface area contributed by atoms with Gasteiger partial charge >= 0.3 is 43.2 Å². The molecule has 0 saturated carbocycles. The molecule has 2 amide bonds. The van der Waals surface area contributed by atoms with Gasteiger partial charge in [-0.3, -0.25) is 4.57 Å². The van der Waals surface area contributed by atoms with E-state index in [9.17, 15) is 9.36 Å². The van der Waals surface area contributed by atoms with Crippen LogP contribution in [0.25, 0.3) is 0 Å². The first kappa shape index (κ1) is 14.6. The smallest absolute Gasteiger partial charge is 1.00 e. The molecule has 1 rings (SSSR count). The van der Waals surface area contributed by atoms with E-state index in [1.807, 2.05) is 0 Å². The quantitative estimate of drug-likeness (QED) is 0.328. The Labute approximate surface area is 110 Å². The van der Waals surface area contributed by atoms with Crippen LogP contribution in [0.1, 0.15) is 1.43 Å².